The average Bonchev–Trinajstić information content (AvgIpc) is 2.67. The number of benzene rings is 2. The molecular weight excluding hydrogens is 360 g/mol. The van der Waals surface area contributed by atoms with Crippen LogP contribution in [0.25, 0.3) is 16.6 Å². The molecule has 0 saturated carbocycles. The van der Waals surface area contributed by atoms with E-state index in [9.17, 15) is 20.2 Å². The fourth-order valence-corrected chi connectivity index (χ4v) is 2.79. The summed E-state index contributed by atoms with van der Waals surface area (Å²) in [6.45, 7) is 1.26. The van der Waals surface area contributed by atoms with E-state index in [-0.39, 0.29) is 11.3 Å². The second-order valence-corrected chi connectivity index (χ2v) is 6.46. The van der Waals surface area contributed by atoms with Gasteiger partial charge in [-0.25, -0.2) is 0 Å². The summed E-state index contributed by atoms with van der Waals surface area (Å²) in [4.78, 5) is 25.1. The Kier molecular flexibility index (Phi) is 5.38. The lowest BCUT2D eigenvalue weighted by atomic mass is 10.1. The first-order valence-electron chi connectivity index (χ1n) is 8.53. The SMILES string of the molecule is CN(C)CCOc1ccc2c(c1)cc(C#N)c(=O)n2-c1ccc([N+](=O)[O-])cc1. The minimum absolute atomic E-state index is 0.0173. The predicted molar refractivity (Wildman–Crippen MR) is 105 cm³/mol. The normalized spacial score (nSPS) is 10.8. The van der Waals surface area contributed by atoms with Gasteiger partial charge < -0.3 is 9.64 Å². The highest BCUT2D eigenvalue weighted by molar-refractivity contribution is 5.83. The molecule has 0 atom stereocenters. The molecule has 142 valence electrons. The van der Waals surface area contributed by atoms with Crippen molar-refractivity contribution >= 4 is 16.6 Å². The minimum Gasteiger partial charge on any atom is -0.492 e. The molecule has 0 radical (unpaired) electrons. The molecule has 0 N–H and O–H groups in total. The van der Waals surface area contributed by atoms with Crippen LogP contribution in [0.15, 0.2) is 53.3 Å². The second kappa shape index (κ2) is 7.90. The van der Waals surface area contributed by atoms with Crippen molar-refractivity contribution < 1.29 is 9.66 Å². The third-order valence-corrected chi connectivity index (χ3v) is 4.22. The summed E-state index contributed by atoms with van der Waals surface area (Å²) in [5.74, 6) is 0.632. The van der Waals surface area contributed by atoms with Gasteiger partial charge in [-0.1, -0.05) is 0 Å². The highest BCUT2D eigenvalue weighted by Crippen LogP contribution is 2.24. The van der Waals surface area contributed by atoms with Crippen LogP contribution >= 0.6 is 0 Å². The quantitative estimate of drug-likeness (QED) is 0.483. The van der Waals surface area contributed by atoms with Gasteiger partial charge >= 0.3 is 0 Å². The van der Waals surface area contributed by atoms with Crippen LogP contribution in [0.3, 0.4) is 0 Å². The van der Waals surface area contributed by atoms with E-state index in [0.717, 1.165) is 6.54 Å². The standard InChI is InChI=1S/C20H18N4O4/c1-22(2)9-10-28-18-7-8-19-14(12-18)11-15(13-21)20(25)23(19)16-3-5-17(6-4-16)24(26)27/h3-8,11-12H,9-10H2,1-2H3. The molecule has 28 heavy (non-hydrogen) atoms. The fraction of sp³-hybridized carbons (Fsp3) is 0.200. The lowest BCUT2D eigenvalue weighted by Crippen LogP contribution is -2.21. The average molecular weight is 378 g/mol. The number of nitriles is 1. The fourth-order valence-electron chi connectivity index (χ4n) is 2.79. The molecule has 8 heteroatoms. The number of fused-ring (bicyclic) bond motifs is 1. The van der Waals surface area contributed by atoms with Gasteiger partial charge in [0.25, 0.3) is 11.2 Å². The van der Waals surface area contributed by atoms with Crippen LogP contribution in [0.2, 0.25) is 0 Å². The largest absolute Gasteiger partial charge is 0.492 e. The predicted octanol–water partition coefficient (Wildman–Crippen LogP) is 2.71. The summed E-state index contributed by atoms with van der Waals surface area (Å²) >= 11 is 0. The van der Waals surface area contributed by atoms with Crippen LogP contribution in [-0.4, -0.2) is 41.6 Å². The Bertz CT molecular complexity index is 1130. The van der Waals surface area contributed by atoms with Crippen LogP contribution in [-0.2, 0) is 0 Å². The number of likely N-dealkylation sites (N-methyl/N-ethyl adjacent to an activating group) is 1. The number of rotatable bonds is 6. The van der Waals surface area contributed by atoms with Crippen molar-refractivity contribution in [3.05, 3.63) is 74.6 Å². The number of hydrogen-bond acceptors (Lipinski definition) is 6. The molecule has 0 aliphatic heterocycles. The van der Waals surface area contributed by atoms with Crippen molar-refractivity contribution in [3.63, 3.8) is 0 Å². The minimum atomic E-state index is -0.506. The van der Waals surface area contributed by atoms with Crippen LogP contribution < -0.4 is 10.3 Å². The van der Waals surface area contributed by atoms with E-state index >= 15 is 0 Å². The van der Waals surface area contributed by atoms with Gasteiger partial charge in [-0.05, 0) is 50.5 Å². The molecule has 8 nitrogen and oxygen atoms in total. The van der Waals surface area contributed by atoms with Crippen molar-refractivity contribution in [1.82, 2.24) is 9.47 Å². The van der Waals surface area contributed by atoms with Gasteiger partial charge in [0.05, 0.1) is 10.4 Å². The molecule has 3 aromatic rings. The third-order valence-electron chi connectivity index (χ3n) is 4.22. The maximum Gasteiger partial charge on any atom is 0.273 e. The number of pyridine rings is 1. The molecule has 0 bridgehead atoms. The summed E-state index contributed by atoms with van der Waals surface area (Å²) in [5, 5.41) is 20.9. The number of nitro groups is 1. The molecule has 0 aliphatic carbocycles. The van der Waals surface area contributed by atoms with Crippen molar-refractivity contribution in [1.29, 1.82) is 5.26 Å². The Morgan fingerprint density at radius 2 is 1.89 bits per heavy atom. The Morgan fingerprint density at radius 1 is 1.18 bits per heavy atom. The van der Waals surface area contributed by atoms with Crippen molar-refractivity contribution in [2.24, 2.45) is 0 Å². The first-order chi connectivity index (χ1) is 13.4. The maximum absolute atomic E-state index is 12.7. The van der Waals surface area contributed by atoms with E-state index in [1.165, 1.54) is 34.9 Å². The molecule has 0 amide bonds. The molecule has 3 rings (SSSR count). The van der Waals surface area contributed by atoms with Gasteiger partial charge in [-0.2, -0.15) is 5.26 Å². The van der Waals surface area contributed by atoms with Gasteiger partial charge in [-0.15, -0.1) is 0 Å². The Morgan fingerprint density at radius 3 is 2.50 bits per heavy atom. The second-order valence-electron chi connectivity index (χ2n) is 6.46. The van der Waals surface area contributed by atoms with Gasteiger partial charge in [0, 0.05) is 29.8 Å². The monoisotopic (exact) mass is 378 g/mol. The lowest BCUT2D eigenvalue weighted by Gasteiger charge is -2.14. The van der Waals surface area contributed by atoms with E-state index in [2.05, 4.69) is 0 Å². The number of hydrogen-bond donors (Lipinski definition) is 0. The first-order valence-corrected chi connectivity index (χ1v) is 8.53. The zero-order valence-corrected chi connectivity index (χ0v) is 15.5. The lowest BCUT2D eigenvalue weighted by molar-refractivity contribution is -0.384. The third kappa shape index (κ3) is 3.84. The zero-order chi connectivity index (χ0) is 20.3. The molecule has 1 heterocycles. The van der Waals surface area contributed by atoms with Gasteiger partial charge in [0.15, 0.2) is 0 Å². The molecule has 2 aromatic carbocycles. The molecule has 0 saturated heterocycles. The Balaban J connectivity index is 2.10. The highest BCUT2D eigenvalue weighted by Gasteiger charge is 2.13. The van der Waals surface area contributed by atoms with Crippen LogP contribution in [0.1, 0.15) is 5.56 Å². The Hall–Kier alpha value is -3.70. The molecular formula is C20H18N4O4. The summed E-state index contributed by atoms with van der Waals surface area (Å²) < 4.78 is 7.11. The van der Waals surface area contributed by atoms with E-state index in [4.69, 9.17) is 4.74 Å². The molecule has 0 aliphatic rings. The first kappa shape index (κ1) is 19.1. The van der Waals surface area contributed by atoms with Crippen molar-refractivity contribution in [2.45, 2.75) is 0 Å². The zero-order valence-electron chi connectivity index (χ0n) is 15.5. The summed E-state index contributed by atoms with van der Waals surface area (Å²) in [6, 6.07) is 14.3. The van der Waals surface area contributed by atoms with Crippen LogP contribution in [0, 0.1) is 21.4 Å². The van der Waals surface area contributed by atoms with Gasteiger partial charge in [-0.3, -0.25) is 19.5 Å². The smallest absolute Gasteiger partial charge is 0.273 e. The highest BCUT2D eigenvalue weighted by atomic mass is 16.6. The van der Waals surface area contributed by atoms with Crippen LogP contribution in [0.4, 0.5) is 5.69 Å². The topological polar surface area (TPSA) is 101 Å². The van der Waals surface area contributed by atoms with Gasteiger partial charge in [0.1, 0.15) is 24.0 Å². The van der Waals surface area contributed by atoms with Crippen LogP contribution in [0.5, 0.6) is 5.75 Å². The number of ether oxygens (including phenoxy) is 1. The van der Waals surface area contributed by atoms with E-state index in [1.807, 2.05) is 25.1 Å². The summed E-state index contributed by atoms with van der Waals surface area (Å²) in [5.41, 5.74) is 0.451. The Labute approximate surface area is 161 Å². The van der Waals surface area contributed by atoms with Crippen molar-refractivity contribution in [3.8, 4) is 17.5 Å². The molecule has 0 unspecified atom stereocenters. The molecule has 0 fully saturated rings. The van der Waals surface area contributed by atoms with Crippen molar-refractivity contribution in [2.75, 3.05) is 27.2 Å². The summed E-state index contributed by atoms with van der Waals surface area (Å²) in [7, 11) is 3.90. The number of nitrogens with zero attached hydrogens (tertiary/aromatic N) is 4. The van der Waals surface area contributed by atoms with E-state index < -0.39 is 10.5 Å². The van der Waals surface area contributed by atoms with Gasteiger partial charge in [0.2, 0.25) is 0 Å². The number of nitro benzene ring substituents is 1. The molecule has 1 aromatic heterocycles. The maximum atomic E-state index is 12.7. The molecule has 0 spiro atoms. The number of non-ortho nitro benzene ring substituents is 1. The summed E-state index contributed by atoms with van der Waals surface area (Å²) in [6.07, 6.45) is 0. The van der Waals surface area contributed by atoms with E-state index in [1.54, 1.807) is 18.2 Å². The number of aromatic nitrogens is 1. The van der Waals surface area contributed by atoms with E-state index in [0.29, 0.717) is 28.9 Å².